The van der Waals surface area contributed by atoms with Gasteiger partial charge in [0.25, 0.3) is 0 Å². The lowest BCUT2D eigenvalue weighted by Gasteiger charge is -2.30. The maximum Gasteiger partial charge on any atom is 0.321 e. The van der Waals surface area contributed by atoms with E-state index in [0.717, 1.165) is 0 Å². The fourth-order valence-corrected chi connectivity index (χ4v) is 2.28. The van der Waals surface area contributed by atoms with E-state index in [4.69, 9.17) is 9.84 Å². The van der Waals surface area contributed by atoms with Crippen molar-refractivity contribution >= 4 is 17.7 Å². The summed E-state index contributed by atoms with van der Waals surface area (Å²) in [6, 6.07) is 6.59. The highest BCUT2D eigenvalue weighted by Crippen LogP contribution is 2.19. The summed E-state index contributed by atoms with van der Waals surface area (Å²) in [6.45, 7) is 4.29. The molecule has 1 aromatic rings. The van der Waals surface area contributed by atoms with Crippen LogP contribution in [0.4, 0.5) is 10.5 Å². The summed E-state index contributed by atoms with van der Waals surface area (Å²) in [7, 11) is 0. The van der Waals surface area contributed by atoms with Crippen LogP contribution in [0.3, 0.4) is 0 Å². The third-order valence-electron chi connectivity index (χ3n) is 3.38. The van der Waals surface area contributed by atoms with Crippen molar-refractivity contribution in [3.8, 4) is 5.75 Å². The van der Waals surface area contributed by atoms with Crippen LogP contribution < -0.4 is 10.1 Å². The van der Waals surface area contributed by atoms with Crippen molar-refractivity contribution in [2.75, 3.05) is 18.4 Å². The van der Waals surface area contributed by atoms with E-state index in [0.29, 0.717) is 30.8 Å². The van der Waals surface area contributed by atoms with Gasteiger partial charge in [0, 0.05) is 18.8 Å². The Bertz CT molecular complexity index is 527. The molecule has 0 aromatic heterocycles. The number of nitrogens with one attached hydrogen (secondary N) is 1. The van der Waals surface area contributed by atoms with Gasteiger partial charge < -0.3 is 20.1 Å². The maximum absolute atomic E-state index is 12.1. The number of likely N-dealkylation sites (tertiary alicyclic amines) is 1. The van der Waals surface area contributed by atoms with Crippen LogP contribution in [0.5, 0.6) is 5.75 Å². The van der Waals surface area contributed by atoms with Gasteiger partial charge in [-0.25, -0.2) is 4.79 Å². The summed E-state index contributed by atoms with van der Waals surface area (Å²) in [5.41, 5.74) is 0.633. The Labute approximate surface area is 123 Å². The number of benzene rings is 1. The highest BCUT2D eigenvalue weighted by Gasteiger charge is 2.28. The Morgan fingerprint density at radius 3 is 2.71 bits per heavy atom. The van der Waals surface area contributed by atoms with E-state index in [9.17, 15) is 9.59 Å². The molecule has 1 unspecified atom stereocenters. The number of piperidine rings is 1. The number of carboxylic acids is 1. The average molecular weight is 290 g/mol. The Morgan fingerprint density at radius 2 is 2.10 bits per heavy atom. The van der Waals surface area contributed by atoms with Crippen LogP contribution in [-0.4, -0.2) is 35.1 Å². The predicted octanol–water partition coefficient (Wildman–Crippen LogP) is 2.54. The second-order valence-corrected chi connectivity index (χ2v) is 4.86. The van der Waals surface area contributed by atoms with Crippen LogP contribution in [0.2, 0.25) is 0 Å². The van der Waals surface area contributed by atoms with E-state index in [2.05, 4.69) is 11.9 Å². The number of carbonyl (C=O) groups is 2. The Morgan fingerprint density at radius 1 is 1.38 bits per heavy atom. The van der Waals surface area contributed by atoms with E-state index in [1.54, 1.807) is 24.3 Å². The molecule has 1 heterocycles. The molecule has 0 bridgehead atoms. The highest BCUT2D eigenvalue weighted by atomic mass is 16.5. The highest BCUT2D eigenvalue weighted by molar-refractivity contribution is 5.89. The van der Waals surface area contributed by atoms with Gasteiger partial charge >= 0.3 is 12.0 Å². The first kappa shape index (κ1) is 14.9. The molecular formula is C15H18N2O4. The number of aliphatic carboxylic acids is 1. The van der Waals surface area contributed by atoms with Crippen LogP contribution in [-0.2, 0) is 4.79 Å². The zero-order valence-electron chi connectivity index (χ0n) is 11.6. The number of rotatable bonds is 4. The molecule has 112 valence electrons. The lowest BCUT2D eigenvalue weighted by Crippen LogP contribution is -2.44. The van der Waals surface area contributed by atoms with Crippen LogP contribution in [0.25, 0.3) is 0 Å². The number of hydrogen-bond donors (Lipinski definition) is 2. The van der Waals surface area contributed by atoms with E-state index in [-0.39, 0.29) is 12.6 Å². The van der Waals surface area contributed by atoms with Gasteiger partial charge in [0.15, 0.2) is 0 Å². The molecule has 0 spiro atoms. The zero-order chi connectivity index (χ0) is 15.2. The molecule has 0 radical (unpaired) electrons. The number of anilines is 1. The van der Waals surface area contributed by atoms with Crippen molar-refractivity contribution in [3.63, 3.8) is 0 Å². The summed E-state index contributed by atoms with van der Waals surface area (Å²) in [5, 5.41) is 11.8. The molecule has 6 heteroatoms. The first-order valence-electron chi connectivity index (χ1n) is 6.76. The van der Waals surface area contributed by atoms with Crippen molar-refractivity contribution in [1.82, 2.24) is 4.90 Å². The third kappa shape index (κ3) is 3.98. The van der Waals surface area contributed by atoms with Gasteiger partial charge in [0.05, 0.1) is 12.2 Å². The third-order valence-corrected chi connectivity index (χ3v) is 3.38. The smallest absolute Gasteiger partial charge is 0.321 e. The van der Waals surface area contributed by atoms with Crippen molar-refractivity contribution in [2.24, 2.45) is 5.92 Å². The molecule has 2 rings (SSSR count). The largest absolute Gasteiger partial charge is 0.481 e. The summed E-state index contributed by atoms with van der Waals surface area (Å²) in [6.07, 6.45) is 2.65. The molecule has 1 atom stereocenters. The van der Waals surface area contributed by atoms with Crippen LogP contribution in [0.1, 0.15) is 12.8 Å². The second-order valence-electron chi connectivity index (χ2n) is 4.86. The fraction of sp³-hybridized carbons (Fsp3) is 0.333. The van der Waals surface area contributed by atoms with Crippen LogP contribution in [0.15, 0.2) is 37.1 Å². The molecular weight excluding hydrogens is 272 g/mol. The second kappa shape index (κ2) is 6.78. The lowest BCUT2D eigenvalue weighted by atomic mass is 9.99. The minimum absolute atomic E-state index is 0.249. The maximum atomic E-state index is 12.1. The zero-order valence-corrected chi connectivity index (χ0v) is 11.6. The molecule has 1 aromatic carbocycles. The molecule has 1 saturated heterocycles. The first-order valence-corrected chi connectivity index (χ1v) is 6.76. The Hall–Kier alpha value is -2.50. The summed E-state index contributed by atoms with van der Waals surface area (Å²) >= 11 is 0. The molecule has 0 saturated carbocycles. The summed E-state index contributed by atoms with van der Waals surface area (Å²) < 4.78 is 5.10. The molecule has 0 aliphatic carbocycles. The minimum Gasteiger partial charge on any atom is -0.481 e. The minimum atomic E-state index is -0.849. The molecule has 1 aliphatic heterocycles. The Balaban J connectivity index is 1.94. The Kier molecular flexibility index (Phi) is 4.81. The van der Waals surface area contributed by atoms with Crippen molar-refractivity contribution < 1.29 is 19.4 Å². The molecule has 6 nitrogen and oxygen atoms in total. The summed E-state index contributed by atoms with van der Waals surface area (Å²) in [4.78, 5) is 24.7. The van der Waals surface area contributed by atoms with Gasteiger partial charge in [-0.3, -0.25) is 4.79 Å². The van der Waals surface area contributed by atoms with Gasteiger partial charge in [0.2, 0.25) is 0 Å². The fourth-order valence-electron chi connectivity index (χ4n) is 2.28. The SMILES string of the molecule is C=COc1ccc(NC(=O)N2CCCC(C(=O)O)C2)cc1. The molecule has 1 aliphatic rings. The number of hydrogen-bond acceptors (Lipinski definition) is 3. The van der Waals surface area contributed by atoms with Crippen LogP contribution >= 0.6 is 0 Å². The van der Waals surface area contributed by atoms with E-state index < -0.39 is 11.9 Å². The van der Waals surface area contributed by atoms with Gasteiger partial charge in [0.1, 0.15) is 5.75 Å². The first-order chi connectivity index (χ1) is 10.1. The molecule has 1 fully saturated rings. The topological polar surface area (TPSA) is 78.9 Å². The molecule has 21 heavy (non-hydrogen) atoms. The number of nitrogens with zero attached hydrogens (tertiary/aromatic N) is 1. The van der Waals surface area contributed by atoms with Crippen LogP contribution in [0, 0.1) is 5.92 Å². The van der Waals surface area contributed by atoms with Gasteiger partial charge in [-0.1, -0.05) is 6.58 Å². The van der Waals surface area contributed by atoms with Crippen molar-refractivity contribution in [2.45, 2.75) is 12.8 Å². The lowest BCUT2D eigenvalue weighted by molar-refractivity contribution is -0.143. The van der Waals surface area contributed by atoms with Gasteiger partial charge in [-0.2, -0.15) is 0 Å². The number of urea groups is 1. The number of ether oxygens (including phenoxy) is 1. The average Bonchev–Trinajstić information content (AvgIpc) is 2.49. The van der Waals surface area contributed by atoms with Crippen molar-refractivity contribution in [3.05, 3.63) is 37.1 Å². The van der Waals surface area contributed by atoms with E-state index in [1.807, 2.05) is 0 Å². The standard InChI is InChI=1S/C15H18N2O4/c1-2-21-13-7-5-12(6-8-13)16-15(20)17-9-3-4-11(10-17)14(18)19/h2,5-8,11H,1,3-4,9-10H2,(H,16,20)(H,18,19). The quantitative estimate of drug-likeness (QED) is 0.835. The predicted molar refractivity (Wildman–Crippen MR) is 78.2 cm³/mol. The van der Waals surface area contributed by atoms with E-state index >= 15 is 0 Å². The number of carboxylic acid groups (broad SMARTS) is 1. The number of carbonyl (C=O) groups excluding carboxylic acids is 1. The normalized spacial score (nSPS) is 17.9. The molecule has 2 N–H and O–H groups in total. The monoisotopic (exact) mass is 290 g/mol. The van der Waals surface area contributed by atoms with E-state index in [1.165, 1.54) is 11.2 Å². The number of amides is 2. The van der Waals surface area contributed by atoms with Crippen molar-refractivity contribution in [1.29, 1.82) is 0 Å². The van der Waals surface area contributed by atoms with Gasteiger partial charge in [-0.05, 0) is 37.1 Å². The molecule has 2 amide bonds. The van der Waals surface area contributed by atoms with Gasteiger partial charge in [-0.15, -0.1) is 0 Å². The summed E-state index contributed by atoms with van der Waals surface area (Å²) in [5.74, 6) is -0.696.